The lowest BCUT2D eigenvalue weighted by Gasteiger charge is -2.11. The first kappa shape index (κ1) is 27.4. The minimum Gasteiger partial charge on any atom is -0.412 e. The lowest BCUT2D eigenvalue weighted by molar-refractivity contribution is -0.660. The average molecular weight is 628 g/mol. The van der Waals surface area contributed by atoms with E-state index in [1.807, 2.05) is 29.3 Å². The fourth-order valence-corrected chi connectivity index (χ4v) is 7.36. The molecule has 10 rings (SSSR count). The number of nitrogens with zero attached hydrogens (tertiary/aromatic N) is 5. The van der Waals surface area contributed by atoms with Crippen LogP contribution in [-0.4, -0.2) is 14.1 Å². The highest BCUT2D eigenvalue weighted by molar-refractivity contribution is 6.19. The summed E-state index contributed by atoms with van der Waals surface area (Å²) >= 11 is 0. The first-order valence-corrected chi connectivity index (χ1v) is 16.5. The van der Waals surface area contributed by atoms with Gasteiger partial charge in [0, 0.05) is 39.9 Å². The SMILES string of the molecule is c1ccc(-c2ccnc(-n3c4ccccc4c4cc5c6ccc(-c7ccccc7)cc6n(-c6cccc(-[n+]7ccc[n-]7)c6)c5cc43)c2)cc1. The van der Waals surface area contributed by atoms with Crippen molar-refractivity contribution in [1.82, 2.24) is 19.2 Å². The fraction of sp³-hybridized carbons (Fsp3) is 0. The van der Waals surface area contributed by atoms with Gasteiger partial charge in [-0.25, -0.2) is 9.67 Å². The maximum Gasteiger partial charge on any atom is 0.203 e. The van der Waals surface area contributed by atoms with Crippen molar-refractivity contribution < 1.29 is 4.68 Å². The Hall–Kier alpha value is -6.72. The minimum absolute atomic E-state index is 0.890. The first-order valence-electron chi connectivity index (χ1n) is 16.5. The van der Waals surface area contributed by atoms with Crippen molar-refractivity contribution in [3.8, 4) is 39.4 Å². The summed E-state index contributed by atoms with van der Waals surface area (Å²) in [6.45, 7) is 0. The zero-order valence-electron chi connectivity index (χ0n) is 26.5. The molecular weight excluding hydrogens is 599 g/mol. The predicted octanol–water partition coefficient (Wildman–Crippen LogP) is 9.84. The molecule has 0 fully saturated rings. The van der Waals surface area contributed by atoms with E-state index in [-0.39, 0.29) is 0 Å². The van der Waals surface area contributed by atoms with Gasteiger partial charge in [-0.05, 0) is 70.8 Å². The third kappa shape index (κ3) is 4.40. The van der Waals surface area contributed by atoms with E-state index in [4.69, 9.17) is 4.98 Å². The lowest BCUT2D eigenvalue weighted by atomic mass is 10.0. The van der Waals surface area contributed by atoms with Gasteiger partial charge in [0.15, 0.2) is 6.20 Å². The molecule has 49 heavy (non-hydrogen) atoms. The van der Waals surface area contributed by atoms with Gasteiger partial charge >= 0.3 is 0 Å². The van der Waals surface area contributed by atoms with E-state index in [0.29, 0.717) is 0 Å². The van der Waals surface area contributed by atoms with Gasteiger partial charge in [0.05, 0.1) is 27.8 Å². The summed E-state index contributed by atoms with van der Waals surface area (Å²) in [6, 6.07) is 56.2. The molecule has 10 aromatic rings. The van der Waals surface area contributed by atoms with Crippen molar-refractivity contribution in [3.63, 3.8) is 0 Å². The molecule has 5 heteroatoms. The van der Waals surface area contributed by atoms with Crippen molar-refractivity contribution in [2.45, 2.75) is 0 Å². The summed E-state index contributed by atoms with van der Waals surface area (Å²) in [5, 5.41) is 9.35. The Bertz CT molecular complexity index is 2810. The topological polar surface area (TPSA) is 40.7 Å². The summed E-state index contributed by atoms with van der Waals surface area (Å²) < 4.78 is 6.63. The quantitative estimate of drug-likeness (QED) is 0.178. The maximum atomic E-state index is 4.94. The van der Waals surface area contributed by atoms with Crippen LogP contribution in [0.2, 0.25) is 0 Å². The second-order valence-corrected chi connectivity index (χ2v) is 12.4. The van der Waals surface area contributed by atoms with E-state index in [9.17, 15) is 0 Å². The number of fused-ring (bicyclic) bond motifs is 6. The Labute approximate surface area is 282 Å². The van der Waals surface area contributed by atoms with E-state index >= 15 is 0 Å². The molecule has 0 unspecified atom stereocenters. The molecule has 4 aromatic heterocycles. The van der Waals surface area contributed by atoms with Gasteiger partial charge in [-0.1, -0.05) is 97.1 Å². The molecule has 0 N–H and O–H groups in total. The van der Waals surface area contributed by atoms with Crippen molar-refractivity contribution in [1.29, 1.82) is 0 Å². The first-order chi connectivity index (χ1) is 24.3. The highest BCUT2D eigenvalue weighted by Crippen LogP contribution is 2.40. The summed E-state index contributed by atoms with van der Waals surface area (Å²) in [5.74, 6) is 0.890. The van der Waals surface area contributed by atoms with E-state index in [0.717, 1.165) is 44.8 Å². The maximum absolute atomic E-state index is 4.94. The van der Waals surface area contributed by atoms with E-state index in [1.54, 1.807) is 0 Å². The fourth-order valence-electron chi connectivity index (χ4n) is 7.36. The third-order valence-corrected chi connectivity index (χ3v) is 9.61. The van der Waals surface area contributed by atoms with Gasteiger partial charge in [-0.3, -0.25) is 4.57 Å². The summed E-state index contributed by atoms with van der Waals surface area (Å²) in [5.41, 5.74) is 11.3. The molecule has 0 radical (unpaired) electrons. The number of para-hydroxylation sites is 1. The van der Waals surface area contributed by atoms with Crippen LogP contribution < -0.4 is 9.78 Å². The molecule has 230 valence electrons. The van der Waals surface area contributed by atoms with Crippen molar-refractivity contribution in [2.75, 3.05) is 0 Å². The Kier molecular flexibility index (Phi) is 6.11. The van der Waals surface area contributed by atoms with E-state index in [2.05, 4.69) is 166 Å². The number of aromatic nitrogens is 5. The smallest absolute Gasteiger partial charge is 0.203 e. The van der Waals surface area contributed by atoms with Crippen LogP contribution in [0.3, 0.4) is 0 Å². The van der Waals surface area contributed by atoms with Crippen LogP contribution in [0.1, 0.15) is 0 Å². The highest BCUT2D eigenvalue weighted by Gasteiger charge is 2.20. The molecule has 0 atom stereocenters. The van der Waals surface area contributed by atoms with Gasteiger partial charge < -0.3 is 9.67 Å². The van der Waals surface area contributed by atoms with Crippen LogP contribution >= 0.6 is 0 Å². The molecule has 4 heterocycles. The third-order valence-electron chi connectivity index (χ3n) is 9.61. The second-order valence-electron chi connectivity index (χ2n) is 12.4. The van der Waals surface area contributed by atoms with Crippen LogP contribution in [-0.2, 0) is 0 Å². The molecule has 0 saturated heterocycles. The Morgan fingerprint density at radius 2 is 1.14 bits per heavy atom. The lowest BCUT2D eigenvalue weighted by Crippen LogP contribution is -2.33. The average Bonchev–Trinajstić information content (AvgIpc) is 3.90. The molecule has 0 amide bonds. The number of rotatable bonds is 5. The van der Waals surface area contributed by atoms with Crippen LogP contribution in [0.5, 0.6) is 0 Å². The molecule has 6 aromatic carbocycles. The normalized spacial score (nSPS) is 11.7. The van der Waals surface area contributed by atoms with E-state index in [1.165, 1.54) is 38.2 Å². The Morgan fingerprint density at radius 3 is 1.92 bits per heavy atom. The number of benzene rings is 6. The predicted molar refractivity (Wildman–Crippen MR) is 199 cm³/mol. The summed E-state index contributed by atoms with van der Waals surface area (Å²) in [7, 11) is 0. The van der Waals surface area contributed by atoms with Crippen molar-refractivity contribution in [3.05, 3.63) is 176 Å². The molecule has 0 aliphatic carbocycles. The zero-order chi connectivity index (χ0) is 32.3. The molecule has 0 bridgehead atoms. The van der Waals surface area contributed by atoms with Crippen LogP contribution in [0.15, 0.2) is 176 Å². The molecule has 0 aliphatic heterocycles. The second kappa shape index (κ2) is 10.9. The van der Waals surface area contributed by atoms with E-state index < -0.39 is 0 Å². The Balaban J connectivity index is 1.30. The van der Waals surface area contributed by atoms with Crippen LogP contribution in [0.4, 0.5) is 0 Å². The van der Waals surface area contributed by atoms with Gasteiger partial charge in [-0.15, -0.1) is 6.20 Å². The van der Waals surface area contributed by atoms with Gasteiger partial charge in [-0.2, -0.15) is 0 Å². The van der Waals surface area contributed by atoms with Crippen molar-refractivity contribution >= 4 is 43.6 Å². The van der Waals surface area contributed by atoms with Gasteiger partial charge in [0.25, 0.3) is 0 Å². The molecule has 0 aliphatic rings. The number of hydrogen-bond acceptors (Lipinski definition) is 1. The van der Waals surface area contributed by atoms with Crippen LogP contribution in [0.25, 0.3) is 83.1 Å². The van der Waals surface area contributed by atoms with Crippen molar-refractivity contribution in [2.24, 2.45) is 0 Å². The molecule has 5 nitrogen and oxygen atoms in total. The van der Waals surface area contributed by atoms with Crippen LogP contribution in [0, 0.1) is 0 Å². The molecule has 0 saturated carbocycles. The summed E-state index contributed by atoms with van der Waals surface area (Å²) in [6.07, 6.45) is 5.71. The standard InChI is InChI=1S/C44H29N5/c1-3-11-30(12-4-1)32-19-20-37-39-28-38-36-17-7-8-18-40(36)49(44-26-33(21-23-45-44)31-13-5-2-6-14-31)43(38)29-42(39)48(41(37)25-32)35-16-9-15-34(27-35)47-24-10-22-46-47/h1-29H. The zero-order valence-corrected chi connectivity index (χ0v) is 26.5. The molecular formula is C44H29N5. The van der Waals surface area contributed by atoms with Gasteiger partial charge in [0.1, 0.15) is 5.82 Å². The highest BCUT2D eigenvalue weighted by atomic mass is 15.3. The largest absolute Gasteiger partial charge is 0.412 e. The monoisotopic (exact) mass is 627 g/mol. The minimum atomic E-state index is 0.890. The Morgan fingerprint density at radius 1 is 0.449 bits per heavy atom. The number of pyridine rings is 1. The molecule has 0 spiro atoms. The number of hydrogen-bond donors (Lipinski definition) is 0. The summed E-state index contributed by atoms with van der Waals surface area (Å²) in [4.78, 5) is 4.94. The van der Waals surface area contributed by atoms with Gasteiger partial charge in [0.2, 0.25) is 5.69 Å².